The van der Waals surface area contributed by atoms with Gasteiger partial charge in [-0.3, -0.25) is 4.79 Å². The molecule has 3 N–H and O–H groups in total. The molecule has 1 amide bonds. The monoisotopic (exact) mass is 228 g/mol. The SMILES string of the molecule is CC(C)CC(CN)NC(=O)C1(C)CCCO1. The highest BCUT2D eigenvalue weighted by Crippen LogP contribution is 2.25. The predicted molar refractivity (Wildman–Crippen MR) is 64.0 cm³/mol. The van der Waals surface area contributed by atoms with Gasteiger partial charge in [0.05, 0.1) is 0 Å². The lowest BCUT2D eigenvalue weighted by molar-refractivity contribution is -0.140. The molecule has 0 saturated carbocycles. The molecule has 2 unspecified atom stereocenters. The first-order valence-corrected chi connectivity index (χ1v) is 6.13. The molecule has 4 heteroatoms. The van der Waals surface area contributed by atoms with Gasteiger partial charge in [0.2, 0.25) is 0 Å². The zero-order valence-corrected chi connectivity index (χ0v) is 10.6. The van der Waals surface area contributed by atoms with Crippen molar-refractivity contribution in [2.24, 2.45) is 11.7 Å². The molecule has 0 aliphatic carbocycles. The highest BCUT2D eigenvalue weighted by Gasteiger charge is 2.38. The second-order valence-corrected chi connectivity index (χ2v) is 5.22. The number of carbonyl (C=O) groups excluding carboxylic acids is 1. The molecule has 1 rings (SSSR count). The van der Waals surface area contributed by atoms with Crippen molar-refractivity contribution in [1.29, 1.82) is 0 Å². The van der Waals surface area contributed by atoms with Crippen LogP contribution in [0, 0.1) is 5.92 Å². The summed E-state index contributed by atoms with van der Waals surface area (Å²) < 4.78 is 5.50. The maximum Gasteiger partial charge on any atom is 0.252 e. The van der Waals surface area contributed by atoms with Crippen LogP contribution in [0.4, 0.5) is 0 Å². The molecular weight excluding hydrogens is 204 g/mol. The molecule has 4 nitrogen and oxygen atoms in total. The van der Waals surface area contributed by atoms with Gasteiger partial charge < -0.3 is 15.8 Å². The van der Waals surface area contributed by atoms with Crippen molar-refractivity contribution in [2.75, 3.05) is 13.2 Å². The lowest BCUT2D eigenvalue weighted by atomic mass is 9.99. The van der Waals surface area contributed by atoms with Gasteiger partial charge in [-0.1, -0.05) is 13.8 Å². The molecule has 1 saturated heterocycles. The molecule has 0 spiro atoms. The Bertz CT molecular complexity index is 235. The summed E-state index contributed by atoms with van der Waals surface area (Å²) in [5.41, 5.74) is 5.02. The Morgan fingerprint density at radius 3 is 2.69 bits per heavy atom. The summed E-state index contributed by atoms with van der Waals surface area (Å²) in [5.74, 6) is 0.521. The van der Waals surface area contributed by atoms with Crippen molar-refractivity contribution < 1.29 is 9.53 Å². The fourth-order valence-electron chi connectivity index (χ4n) is 2.08. The van der Waals surface area contributed by atoms with Crippen LogP contribution in [0.2, 0.25) is 0 Å². The minimum Gasteiger partial charge on any atom is -0.365 e. The molecule has 1 aliphatic rings. The van der Waals surface area contributed by atoms with Crippen LogP contribution in [0.15, 0.2) is 0 Å². The van der Waals surface area contributed by atoms with Gasteiger partial charge >= 0.3 is 0 Å². The maximum absolute atomic E-state index is 12.0. The number of carbonyl (C=O) groups is 1. The van der Waals surface area contributed by atoms with Crippen LogP contribution in [0.5, 0.6) is 0 Å². The molecule has 16 heavy (non-hydrogen) atoms. The molecule has 94 valence electrons. The van der Waals surface area contributed by atoms with E-state index in [9.17, 15) is 4.79 Å². The predicted octanol–water partition coefficient (Wildman–Crippen LogP) is 1.05. The average Bonchev–Trinajstić information content (AvgIpc) is 2.64. The van der Waals surface area contributed by atoms with E-state index in [-0.39, 0.29) is 11.9 Å². The van der Waals surface area contributed by atoms with E-state index in [1.54, 1.807) is 0 Å². The molecule has 0 radical (unpaired) electrons. The lowest BCUT2D eigenvalue weighted by Gasteiger charge is -2.26. The van der Waals surface area contributed by atoms with Gasteiger partial charge in [-0.15, -0.1) is 0 Å². The third-order valence-electron chi connectivity index (χ3n) is 3.07. The molecule has 0 bridgehead atoms. The average molecular weight is 228 g/mol. The van der Waals surface area contributed by atoms with Crippen molar-refractivity contribution in [3.05, 3.63) is 0 Å². The van der Waals surface area contributed by atoms with Crippen molar-refractivity contribution in [1.82, 2.24) is 5.32 Å². The molecule has 1 heterocycles. The van der Waals surface area contributed by atoms with Crippen LogP contribution < -0.4 is 11.1 Å². The molecule has 0 aromatic rings. The Labute approximate surface area is 97.9 Å². The first-order chi connectivity index (χ1) is 7.48. The van der Waals surface area contributed by atoms with E-state index >= 15 is 0 Å². The van der Waals surface area contributed by atoms with Crippen molar-refractivity contribution >= 4 is 5.91 Å². The fourth-order valence-corrected chi connectivity index (χ4v) is 2.08. The van der Waals surface area contributed by atoms with Crippen molar-refractivity contribution in [3.63, 3.8) is 0 Å². The van der Waals surface area contributed by atoms with E-state index in [1.807, 2.05) is 6.92 Å². The zero-order chi connectivity index (χ0) is 12.2. The van der Waals surface area contributed by atoms with Crippen molar-refractivity contribution in [3.8, 4) is 0 Å². The maximum atomic E-state index is 12.0. The van der Waals surface area contributed by atoms with E-state index in [1.165, 1.54) is 0 Å². The summed E-state index contributed by atoms with van der Waals surface area (Å²) >= 11 is 0. The molecule has 0 aromatic carbocycles. The number of ether oxygens (including phenoxy) is 1. The van der Waals surface area contributed by atoms with Gasteiger partial charge in [0.1, 0.15) is 5.60 Å². The Morgan fingerprint density at radius 1 is 1.56 bits per heavy atom. The Morgan fingerprint density at radius 2 is 2.25 bits per heavy atom. The number of amides is 1. The summed E-state index contributed by atoms with van der Waals surface area (Å²) in [6.45, 7) is 7.28. The zero-order valence-electron chi connectivity index (χ0n) is 10.6. The summed E-state index contributed by atoms with van der Waals surface area (Å²) in [6, 6.07) is 0.0634. The van der Waals surface area contributed by atoms with Crippen LogP contribution in [-0.2, 0) is 9.53 Å². The third kappa shape index (κ3) is 3.46. The first-order valence-electron chi connectivity index (χ1n) is 6.13. The second-order valence-electron chi connectivity index (χ2n) is 5.22. The highest BCUT2D eigenvalue weighted by molar-refractivity contribution is 5.85. The summed E-state index contributed by atoms with van der Waals surface area (Å²) in [4.78, 5) is 12.0. The molecule has 1 aliphatic heterocycles. The minimum absolute atomic E-state index is 0.0129. The van der Waals surface area contributed by atoms with Gasteiger partial charge in [-0.25, -0.2) is 0 Å². The Hall–Kier alpha value is -0.610. The van der Waals surface area contributed by atoms with Crippen LogP contribution in [0.1, 0.15) is 40.0 Å². The third-order valence-corrected chi connectivity index (χ3v) is 3.07. The largest absolute Gasteiger partial charge is 0.365 e. The quantitative estimate of drug-likeness (QED) is 0.739. The summed E-state index contributed by atoms with van der Waals surface area (Å²) in [6.07, 6.45) is 2.68. The standard InChI is InChI=1S/C12H24N2O2/c1-9(2)7-10(8-13)14-11(15)12(3)5-4-6-16-12/h9-10H,4-8,13H2,1-3H3,(H,14,15). The lowest BCUT2D eigenvalue weighted by Crippen LogP contribution is -2.50. The van der Waals surface area contributed by atoms with E-state index < -0.39 is 5.60 Å². The smallest absolute Gasteiger partial charge is 0.252 e. The van der Waals surface area contributed by atoms with Crippen LogP contribution in [0.3, 0.4) is 0 Å². The van der Waals surface area contributed by atoms with Gasteiger partial charge in [0.25, 0.3) is 5.91 Å². The number of nitrogens with two attached hydrogens (primary N) is 1. The molecule has 1 fully saturated rings. The van der Waals surface area contributed by atoms with Gasteiger partial charge in [-0.05, 0) is 32.1 Å². The van der Waals surface area contributed by atoms with Gasteiger partial charge in [0.15, 0.2) is 0 Å². The Kier molecular flexibility index (Phi) is 4.74. The summed E-state index contributed by atoms with van der Waals surface area (Å²) in [5, 5.41) is 2.99. The van der Waals surface area contributed by atoms with E-state index in [0.29, 0.717) is 19.1 Å². The van der Waals surface area contributed by atoms with E-state index in [0.717, 1.165) is 19.3 Å². The summed E-state index contributed by atoms with van der Waals surface area (Å²) in [7, 11) is 0. The molecular formula is C12H24N2O2. The van der Waals surface area contributed by atoms with Crippen LogP contribution in [0.25, 0.3) is 0 Å². The molecule has 0 aromatic heterocycles. The second kappa shape index (κ2) is 5.64. The van der Waals surface area contributed by atoms with E-state index in [4.69, 9.17) is 10.5 Å². The normalized spacial score (nSPS) is 27.1. The van der Waals surface area contributed by atoms with Gasteiger partial charge in [0, 0.05) is 19.2 Å². The molecule has 2 atom stereocenters. The van der Waals surface area contributed by atoms with Gasteiger partial charge in [-0.2, -0.15) is 0 Å². The van der Waals surface area contributed by atoms with Crippen molar-refractivity contribution in [2.45, 2.75) is 51.7 Å². The highest BCUT2D eigenvalue weighted by atomic mass is 16.5. The number of hydrogen-bond donors (Lipinski definition) is 2. The fraction of sp³-hybridized carbons (Fsp3) is 0.917. The van der Waals surface area contributed by atoms with Crippen LogP contribution in [-0.4, -0.2) is 30.7 Å². The number of rotatable bonds is 5. The first kappa shape index (κ1) is 13.5. The Balaban J connectivity index is 2.48. The number of hydrogen-bond acceptors (Lipinski definition) is 3. The minimum atomic E-state index is -0.635. The topological polar surface area (TPSA) is 64.3 Å². The number of nitrogens with one attached hydrogen (secondary N) is 1. The van der Waals surface area contributed by atoms with Crippen LogP contribution >= 0.6 is 0 Å². The van der Waals surface area contributed by atoms with E-state index in [2.05, 4.69) is 19.2 Å².